The minimum atomic E-state index is -0.351. The number of carbonyl (C=O) groups is 1. The standard InChI is InChI=1S/C15H14Cl2N4O/c1-8(10-4-11(16)6-12(17)5-10)18-21-15(22)14-7-13(19-20-14)9-2-3-9/h4-7,9H,2-3H2,1H3,(H,19,20)(H,21,22)/b18-8+. The molecule has 1 saturated carbocycles. The van der Waals surface area contributed by atoms with E-state index < -0.39 is 0 Å². The van der Waals surface area contributed by atoms with E-state index >= 15 is 0 Å². The second-order valence-corrected chi connectivity index (χ2v) is 6.15. The Balaban J connectivity index is 1.69. The van der Waals surface area contributed by atoms with Crippen LogP contribution in [0.3, 0.4) is 0 Å². The van der Waals surface area contributed by atoms with Gasteiger partial charge in [-0.25, -0.2) is 5.43 Å². The summed E-state index contributed by atoms with van der Waals surface area (Å²) in [6, 6.07) is 6.88. The Labute approximate surface area is 137 Å². The molecule has 3 rings (SSSR count). The van der Waals surface area contributed by atoms with Crippen molar-refractivity contribution in [1.82, 2.24) is 15.6 Å². The van der Waals surface area contributed by atoms with Crippen molar-refractivity contribution in [3.05, 3.63) is 51.3 Å². The molecule has 1 aromatic heterocycles. The first kappa shape index (κ1) is 15.1. The number of hydrazone groups is 1. The number of hydrogen-bond donors (Lipinski definition) is 2. The Morgan fingerprint density at radius 3 is 2.59 bits per heavy atom. The molecule has 1 heterocycles. The number of benzene rings is 1. The molecule has 1 aromatic carbocycles. The van der Waals surface area contributed by atoms with E-state index in [4.69, 9.17) is 23.2 Å². The first-order valence-electron chi connectivity index (χ1n) is 6.89. The second kappa shape index (κ2) is 6.10. The minimum absolute atomic E-state index is 0.336. The van der Waals surface area contributed by atoms with E-state index in [1.165, 1.54) is 0 Å². The number of amides is 1. The van der Waals surface area contributed by atoms with Gasteiger partial charge < -0.3 is 0 Å². The highest BCUT2D eigenvalue weighted by atomic mass is 35.5. The van der Waals surface area contributed by atoms with Crippen molar-refractivity contribution >= 4 is 34.8 Å². The van der Waals surface area contributed by atoms with Crippen molar-refractivity contribution in [2.75, 3.05) is 0 Å². The lowest BCUT2D eigenvalue weighted by Gasteiger charge is -2.03. The predicted octanol–water partition coefficient (Wildman–Crippen LogP) is 3.75. The molecule has 22 heavy (non-hydrogen) atoms. The molecule has 7 heteroatoms. The molecule has 1 amide bonds. The molecule has 0 aliphatic heterocycles. The first-order chi connectivity index (χ1) is 10.5. The second-order valence-electron chi connectivity index (χ2n) is 5.28. The lowest BCUT2D eigenvalue weighted by Crippen LogP contribution is -2.19. The number of hydrogen-bond acceptors (Lipinski definition) is 3. The van der Waals surface area contributed by atoms with Gasteiger partial charge in [0.1, 0.15) is 0 Å². The molecule has 114 valence electrons. The molecule has 1 fully saturated rings. The summed E-state index contributed by atoms with van der Waals surface area (Å²) in [4.78, 5) is 12.0. The molecule has 0 spiro atoms. The van der Waals surface area contributed by atoms with Crippen LogP contribution >= 0.6 is 23.2 Å². The Hall–Kier alpha value is -1.85. The summed E-state index contributed by atoms with van der Waals surface area (Å²) >= 11 is 11.9. The molecule has 0 atom stereocenters. The Kier molecular flexibility index (Phi) is 4.18. The van der Waals surface area contributed by atoms with Crippen LogP contribution in [0.25, 0.3) is 0 Å². The molecule has 0 unspecified atom stereocenters. The van der Waals surface area contributed by atoms with E-state index in [1.807, 2.05) is 0 Å². The van der Waals surface area contributed by atoms with Gasteiger partial charge in [-0.15, -0.1) is 0 Å². The predicted molar refractivity (Wildman–Crippen MR) is 86.7 cm³/mol. The third kappa shape index (κ3) is 3.48. The van der Waals surface area contributed by atoms with Crippen LogP contribution in [0.15, 0.2) is 29.4 Å². The summed E-state index contributed by atoms with van der Waals surface area (Å²) in [7, 11) is 0. The van der Waals surface area contributed by atoms with E-state index in [2.05, 4.69) is 20.7 Å². The molecule has 0 bridgehead atoms. The smallest absolute Gasteiger partial charge is 0.281 e. The average molecular weight is 337 g/mol. The number of aromatic amines is 1. The summed E-state index contributed by atoms with van der Waals surface area (Å²) in [5.41, 5.74) is 5.19. The maximum Gasteiger partial charge on any atom is 0.291 e. The van der Waals surface area contributed by atoms with Crippen LogP contribution in [-0.2, 0) is 0 Å². The van der Waals surface area contributed by atoms with Gasteiger partial charge in [0.25, 0.3) is 5.91 Å². The van der Waals surface area contributed by atoms with Crippen LogP contribution < -0.4 is 5.43 Å². The van der Waals surface area contributed by atoms with Gasteiger partial charge in [0.15, 0.2) is 5.69 Å². The maximum atomic E-state index is 12.0. The van der Waals surface area contributed by atoms with Gasteiger partial charge in [-0.2, -0.15) is 10.2 Å². The first-order valence-corrected chi connectivity index (χ1v) is 7.65. The molecule has 0 saturated heterocycles. The highest BCUT2D eigenvalue weighted by molar-refractivity contribution is 6.35. The van der Waals surface area contributed by atoms with Crippen molar-refractivity contribution in [2.24, 2.45) is 5.10 Å². The molecule has 1 aliphatic rings. The van der Waals surface area contributed by atoms with Gasteiger partial charge in [0.05, 0.1) is 5.71 Å². The number of rotatable bonds is 4. The van der Waals surface area contributed by atoms with Crippen LogP contribution in [0.1, 0.15) is 47.4 Å². The SMILES string of the molecule is C/C(=N\NC(=O)c1cc(C2CC2)[nH]n1)c1cc(Cl)cc(Cl)c1. The molecular weight excluding hydrogens is 323 g/mol. The third-order valence-electron chi connectivity index (χ3n) is 3.45. The summed E-state index contributed by atoms with van der Waals surface area (Å²) < 4.78 is 0. The summed E-state index contributed by atoms with van der Waals surface area (Å²) in [5.74, 6) is 0.170. The molecule has 2 aromatic rings. The number of halogens is 2. The zero-order chi connectivity index (χ0) is 15.7. The number of aromatic nitrogens is 2. The quantitative estimate of drug-likeness (QED) is 0.659. The summed E-state index contributed by atoms with van der Waals surface area (Å²) in [6.07, 6.45) is 2.30. The molecule has 0 radical (unpaired) electrons. The number of nitrogens with zero attached hydrogens (tertiary/aromatic N) is 2. The van der Waals surface area contributed by atoms with Gasteiger partial charge in [-0.05, 0) is 44.0 Å². The van der Waals surface area contributed by atoms with Crippen molar-refractivity contribution in [1.29, 1.82) is 0 Å². The van der Waals surface area contributed by atoms with Crippen LogP contribution in [0.5, 0.6) is 0 Å². The topological polar surface area (TPSA) is 70.1 Å². The lowest BCUT2D eigenvalue weighted by molar-refractivity contribution is 0.0950. The van der Waals surface area contributed by atoms with Crippen LogP contribution in [0.2, 0.25) is 10.0 Å². The van der Waals surface area contributed by atoms with Crippen molar-refractivity contribution in [3.8, 4) is 0 Å². The minimum Gasteiger partial charge on any atom is -0.281 e. The van der Waals surface area contributed by atoms with E-state index in [-0.39, 0.29) is 5.91 Å². The Bertz CT molecular complexity index is 730. The zero-order valence-electron chi connectivity index (χ0n) is 11.9. The number of H-pyrrole nitrogens is 1. The molecular formula is C15H14Cl2N4O. The van der Waals surface area contributed by atoms with Crippen LogP contribution in [0, 0.1) is 0 Å². The molecule has 5 nitrogen and oxygen atoms in total. The summed E-state index contributed by atoms with van der Waals surface area (Å²) in [5, 5.41) is 12.0. The highest BCUT2D eigenvalue weighted by Gasteiger charge is 2.26. The fourth-order valence-corrected chi connectivity index (χ4v) is 2.60. The zero-order valence-corrected chi connectivity index (χ0v) is 13.4. The van der Waals surface area contributed by atoms with Crippen molar-refractivity contribution in [3.63, 3.8) is 0 Å². The van der Waals surface area contributed by atoms with Gasteiger partial charge in [-0.3, -0.25) is 9.89 Å². The van der Waals surface area contributed by atoms with E-state index in [0.29, 0.717) is 27.4 Å². The van der Waals surface area contributed by atoms with Gasteiger partial charge in [0.2, 0.25) is 0 Å². The Morgan fingerprint density at radius 2 is 1.95 bits per heavy atom. The number of carbonyl (C=O) groups excluding carboxylic acids is 1. The normalized spacial score (nSPS) is 15.0. The van der Waals surface area contributed by atoms with E-state index in [9.17, 15) is 4.79 Å². The van der Waals surface area contributed by atoms with E-state index in [1.54, 1.807) is 31.2 Å². The fourth-order valence-electron chi connectivity index (χ4n) is 2.08. The van der Waals surface area contributed by atoms with Crippen LogP contribution in [-0.4, -0.2) is 21.8 Å². The average Bonchev–Trinajstić information content (AvgIpc) is 3.20. The lowest BCUT2D eigenvalue weighted by atomic mass is 10.1. The molecule has 1 aliphatic carbocycles. The fraction of sp³-hybridized carbons (Fsp3) is 0.267. The Morgan fingerprint density at radius 1 is 1.27 bits per heavy atom. The van der Waals surface area contributed by atoms with Gasteiger partial charge in [0, 0.05) is 27.2 Å². The largest absolute Gasteiger partial charge is 0.291 e. The van der Waals surface area contributed by atoms with Crippen molar-refractivity contribution < 1.29 is 4.79 Å². The summed E-state index contributed by atoms with van der Waals surface area (Å²) in [6.45, 7) is 1.77. The monoisotopic (exact) mass is 336 g/mol. The van der Waals surface area contributed by atoms with Gasteiger partial charge in [-0.1, -0.05) is 23.2 Å². The van der Waals surface area contributed by atoms with E-state index in [0.717, 1.165) is 24.1 Å². The molecule has 2 N–H and O–H groups in total. The number of nitrogens with one attached hydrogen (secondary N) is 2. The highest BCUT2D eigenvalue weighted by Crippen LogP contribution is 2.38. The third-order valence-corrected chi connectivity index (χ3v) is 3.89. The van der Waals surface area contributed by atoms with Gasteiger partial charge >= 0.3 is 0 Å². The maximum absolute atomic E-state index is 12.0. The van der Waals surface area contributed by atoms with Crippen molar-refractivity contribution in [2.45, 2.75) is 25.7 Å². The van der Waals surface area contributed by atoms with Crippen LogP contribution in [0.4, 0.5) is 0 Å².